The van der Waals surface area contributed by atoms with E-state index in [1.54, 1.807) is 47.5 Å². The van der Waals surface area contributed by atoms with Crippen molar-refractivity contribution in [2.75, 3.05) is 40.3 Å². The Labute approximate surface area is 449 Å². The van der Waals surface area contributed by atoms with Crippen LogP contribution >= 0.6 is 0 Å². The zero-order valence-electron chi connectivity index (χ0n) is 45.3. The van der Waals surface area contributed by atoms with E-state index < -0.39 is 36.3 Å². The lowest BCUT2D eigenvalue weighted by atomic mass is 9.75. The van der Waals surface area contributed by atoms with Crippen LogP contribution in [0.1, 0.15) is 152 Å². The number of amides is 8. The van der Waals surface area contributed by atoms with Crippen LogP contribution in [0.15, 0.2) is 60.7 Å². The highest BCUT2D eigenvalue weighted by Crippen LogP contribution is 2.39. The van der Waals surface area contributed by atoms with Gasteiger partial charge in [-0.25, -0.2) is 0 Å². The molecule has 12 atom stereocenters. The second-order valence-electron chi connectivity index (χ2n) is 22.4. The summed E-state index contributed by atoms with van der Waals surface area (Å²) in [4.78, 5) is 118. The van der Waals surface area contributed by atoms with E-state index in [1.165, 1.54) is 11.1 Å². The van der Waals surface area contributed by atoms with Gasteiger partial charge in [0.1, 0.15) is 24.2 Å². The quantitative estimate of drug-likeness (QED) is 0.0998. The van der Waals surface area contributed by atoms with Crippen molar-refractivity contribution in [2.24, 2.45) is 0 Å². The third-order valence-electron chi connectivity index (χ3n) is 17.7. The first-order valence-corrected chi connectivity index (χ1v) is 28.6. The van der Waals surface area contributed by atoms with Crippen LogP contribution < -0.4 is 31.9 Å². The molecule has 1 unspecified atom stereocenters. The van der Waals surface area contributed by atoms with Crippen molar-refractivity contribution < 1.29 is 38.4 Å². The predicted octanol–water partition coefficient (Wildman–Crippen LogP) is 3.60. The number of nitrogens with zero attached hydrogens (tertiary/aromatic N) is 4. The topological polar surface area (TPSA) is 222 Å². The molecule has 0 radical (unpaired) electrons. The van der Waals surface area contributed by atoms with Gasteiger partial charge in [0, 0.05) is 75.0 Å². The molecule has 18 nitrogen and oxygen atoms in total. The summed E-state index contributed by atoms with van der Waals surface area (Å²) in [5.74, 6) is -1.34. The second-order valence-corrected chi connectivity index (χ2v) is 22.4. The first kappa shape index (κ1) is 56.3. The Kier molecular flexibility index (Phi) is 19.6. The van der Waals surface area contributed by atoms with E-state index in [1.807, 2.05) is 36.4 Å². The van der Waals surface area contributed by atoms with Gasteiger partial charge in [-0.1, -0.05) is 86.3 Å². The molecule has 2 aromatic carbocycles. The number of hydrogen-bond donors (Lipinski definition) is 6. The molecule has 6 fully saturated rings. The summed E-state index contributed by atoms with van der Waals surface area (Å²) in [7, 11) is 3.34. The molecule has 6 aliphatic rings. The number of rotatable bonds is 21. The molecule has 18 heteroatoms. The molecule has 6 N–H and O–H groups in total. The van der Waals surface area contributed by atoms with Gasteiger partial charge in [-0.05, 0) is 116 Å². The molecule has 0 spiro atoms. The number of fused-ring (bicyclic) bond motifs is 2. The Hall–Kier alpha value is -5.88. The van der Waals surface area contributed by atoms with Gasteiger partial charge in [0.25, 0.3) is 0 Å². The number of likely N-dealkylation sites (N-methyl/N-ethyl adjacent to an activating group) is 2. The fraction of sp³-hybridized carbons (Fsp3) is 0.655. The van der Waals surface area contributed by atoms with Crippen molar-refractivity contribution in [3.8, 4) is 0 Å². The summed E-state index contributed by atoms with van der Waals surface area (Å²) in [6, 6.07) is 15.5. The van der Waals surface area contributed by atoms with E-state index >= 15 is 0 Å². The van der Waals surface area contributed by atoms with Gasteiger partial charge >= 0.3 is 0 Å². The van der Waals surface area contributed by atoms with Crippen LogP contribution in [0.2, 0.25) is 0 Å². The smallest absolute Gasteiger partial charge is 0.247 e. The lowest BCUT2D eigenvalue weighted by Gasteiger charge is -2.41. The van der Waals surface area contributed by atoms with Crippen molar-refractivity contribution in [3.63, 3.8) is 0 Å². The molecule has 2 aromatic rings. The lowest BCUT2D eigenvalue weighted by Crippen LogP contribution is -2.63. The maximum absolute atomic E-state index is 14.5. The summed E-state index contributed by atoms with van der Waals surface area (Å²) < 4.78 is 0. The number of hydrogen-bond acceptors (Lipinski definition) is 10. The average Bonchev–Trinajstić information content (AvgIpc) is 4.05. The van der Waals surface area contributed by atoms with Crippen LogP contribution in [0.3, 0.4) is 0 Å². The van der Waals surface area contributed by atoms with Crippen molar-refractivity contribution in [1.82, 2.24) is 51.5 Å². The summed E-state index contributed by atoms with van der Waals surface area (Å²) in [6.07, 6.45) is 12.5. The maximum Gasteiger partial charge on any atom is 0.247 e. The second kappa shape index (κ2) is 26.4. The number of benzene rings is 2. The highest BCUT2D eigenvalue weighted by Gasteiger charge is 2.49. The normalized spacial score (nSPS) is 28.2. The van der Waals surface area contributed by atoms with Crippen LogP contribution in [0.25, 0.3) is 0 Å². The SMILES string of the molecule is CN[C@@H](C)C(=O)N[C@H]1CN(C(=O)CCCCCCCCC(=O)N2CC[C@H]3CC[C@@H](C(=O)N[C@H]4CC[C@@H]4c4ccccc4)N3C(=O)[C@@H](NC(=O)[C@H](C)NC)C2)CC[C@H]2CCC(C(=O)N[C@H]3CC[C@@H]3c3ccccc3)N2C1=O. The fourth-order valence-corrected chi connectivity index (χ4v) is 12.5. The number of carbonyl (C=O) groups is 8. The summed E-state index contributed by atoms with van der Waals surface area (Å²) in [5, 5.41) is 18.2. The molecule has 4 saturated heterocycles. The molecule has 414 valence electrons. The zero-order valence-corrected chi connectivity index (χ0v) is 45.3. The molecule has 0 aromatic heterocycles. The summed E-state index contributed by atoms with van der Waals surface area (Å²) in [5.41, 5.74) is 2.39. The maximum atomic E-state index is 14.5. The van der Waals surface area contributed by atoms with Crippen molar-refractivity contribution >= 4 is 47.3 Å². The molecule has 76 heavy (non-hydrogen) atoms. The summed E-state index contributed by atoms with van der Waals surface area (Å²) in [6.45, 7) is 4.33. The molecule has 8 amide bonds. The first-order valence-electron chi connectivity index (χ1n) is 28.6. The van der Waals surface area contributed by atoms with Crippen LogP contribution in [0.5, 0.6) is 0 Å². The third-order valence-corrected chi connectivity index (χ3v) is 17.7. The van der Waals surface area contributed by atoms with Gasteiger partial charge in [-0.2, -0.15) is 0 Å². The molecule has 2 aliphatic carbocycles. The van der Waals surface area contributed by atoms with E-state index in [2.05, 4.69) is 56.2 Å². The van der Waals surface area contributed by atoms with E-state index in [-0.39, 0.29) is 96.4 Å². The Morgan fingerprint density at radius 3 is 1.22 bits per heavy atom. The van der Waals surface area contributed by atoms with Crippen molar-refractivity contribution in [3.05, 3.63) is 71.8 Å². The number of carbonyl (C=O) groups excluding carboxylic acids is 8. The molecule has 2 saturated carbocycles. The van der Waals surface area contributed by atoms with E-state index in [0.29, 0.717) is 77.3 Å². The van der Waals surface area contributed by atoms with Gasteiger partial charge < -0.3 is 51.5 Å². The van der Waals surface area contributed by atoms with Gasteiger partial charge in [-0.15, -0.1) is 0 Å². The van der Waals surface area contributed by atoms with Crippen molar-refractivity contribution in [2.45, 2.75) is 202 Å². The van der Waals surface area contributed by atoms with Gasteiger partial charge in [0.15, 0.2) is 0 Å². The van der Waals surface area contributed by atoms with E-state index in [9.17, 15) is 38.4 Å². The minimum absolute atomic E-state index is 0.00310. The lowest BCUT2D eigenvalue weighted by molar-refractivity contribution is -0.147. The molecule has 4 heterocycles. The zero-order chi connectivity index (χ0) is 53.9. The third kappa shape index (κ3) is 13.4. The molecular formula is C58H84N10O8. The van der Waals surface area contributed by atoms with Gasteiger partial charge in [-0.3, -0.25) is 38.4 Å². The molecule has 0 bridgehead atoms. The minimum atomic E-state index is -0.994. The largest absolute Gasteiger partial charge is 0.351 e. The van der Waals surface area contributed by atoms with Crippen LogP contribution in [-0.2, 0) is 38.4 Å². The average molecular weight is 1050 g/mol. The van der Waals surface area contributed by atoms with Gasteiger partial charge in [0.05, 0.1) is 12.1 Å². The number of unbranched alkanes of at least 4 members (excludes halogenated alkanes) is 5. The molecule has 4 aliphatic heterocycles. The Bertz CT molecular complexity index is 2200. The van der Waals surface area contributed by atoms with Crippen LogP contribution in [-0.4, -0.2) is 168 Å². The Balaban J connectivity index is 0.786. The Morgan fingerprint density at radius 1 is 0.487 bits per heavy atom. The fourth-order valence-electron chi connectivity index (χ4n) is 12.5. The van der Waals surface area contributed by atoms with E-state index in [0.717, 1.165) is 51.4 Å². The monoisotopic (exact) mass is 1050 g/mol. The van der Waals surface area contributed by atoms with Crippen molar-refractivity contribution in [1.29, 1.82) is 0 Å². The summed E-state index contributed by atoms with van der Waals surface area (Å²) >= 11 is 0. The molecular weight excluding hydrogens is 965 g/mol. The van der Waals surface area contributed by atoms with Crippen LogP contribution in [0, 0.1) is 0 Å². The minimum Gasteiger partial charge on any atom is -0.351 e. The number of nitrogens with one attached hydrogen (secondary N) is 6. The Morgan fingerprint density at radius 2 is 0.868 bits per heavy atom. The van der Waals surface area contributed by atoms with Gasteiger partial charge in [0.2, 0.25) is 47.3 Å². The highest BCUT2D eigenvalue weighted by molar-refractivity contribution is 5.96. The predicted molar refractivity (Wildman–Crippen MR) is 288 cm³/mol. The highest BCUT2D eigenvalue weighted by atomic mass is 16.2. The van der Waals surface area contributed by atoms with Crippen LogP contribution in [0.4, 0.5) is 0 Å². The molecule has 8 rings (SSSR count). The van der Waals surface area contributed by atoms with E-state index in [4.69, 9.17) is 0 Å². The standard InChI is InChI=1S/C58H84N10O8/c1-37(59-3)53(71)63-47-35-65(33-31-41-23-29-49(67(41)57(47)75)55(73)61-45-27-25-43(45)39-17-11-9-12-18-39)51(69)21-15-7-5-6-8-16-22-52(70)66-34-32-42-24-30-50(68(42)58(76)48(36-66)64-54(72)38(2)60-4)56(74)62-46-28-26-44(46)40-19-13-10-14-20-40/h9-14,17-20,37-38,41-50,59-60H,5-8,15-16,21-36H2,1-4H3,(H,61,73)(H,62,74)(H,63,71)(H,64,72)/t37-,38-,41+,42+,43+,44+,45-,46-,47-,48-,49-,50?/m0/s1. The first-order chi connectivity index (χ1) is 36.8.